The van der Waals surface area contributed by atoms with E-state index < -0.39 is 11.7 Å². The van der Waals surface area contributed by atoms with Gasteiger partial charge in [-0.25, -0.2) is 0 Å². The monoisotopic (exact) mass is 390 g/mol. The Hall–Kier alpha value is -1.95. The summed E-state index contributed by atoms with van der Waals surface area (Å²) in [4.78, 5) is 4.84. The van der Waals surface area contributed by atoms with Gasteiger partial charge in [-0.1, -0.05) is 30.3 Å². The SMILES string of the molecule is FC(F)(F)c1ccc(CN=C2Nc3ccccc3CC23CCSCC3)cc1. The number of hydrogen-bond donors (Lipinski definition) is 1. The van der Waals surface area contributed by atoms with Gasteiger partial charge >= 0.3 is 6.18 Å². The van der Waals surface area contributed by atoms with Gasteiger partial charge in [-0.3, -0.25) is 4.99 Å². The van der Waals surface area contributed by atoms with Crippen molar-refractivity contribution in [2.45, 2.75) is 32.0 Å². The number of para-hydroxylation sites is 1. The number of amidine groups is 1. The van der Waals surface area contributed by atoms with Crippen LogP contribution in [0.3, 0.4) is 0 Å². The molecule has 1 spiro atoms. The molecule has 4 rings (SSSR count). The Morgan fingerprint density at radius 2 is 1.70 bits per heavy atom. The molecule has 0 unspecified atom stereocenters. The van der Waals surface area contributed by atoms with Gasteiger partial charge in [-0.2, -0.15) is 24.9 Å². The molecule has 0 amide bonds. The van der Waals surface area contributed by atoms with Crippen molar-refractivity contribution in [2.75, 3.05) is 16.8 Å². The number of benzene rings is 2. The van der Waals surface area contributed by atoms with Crippen LogP contribution in [0.4, 0.5) is 18.9 Å². The summed E-state index contributed by atoms with van der Waals surface area (Å²) in [6.45, 7) is 0.386. The molecule has 2 aliphatic rings. The maximum absolute atomic E-state index is 12.7. The van der Waals surface area contributed by atoms with Gasteiger partial charge in [0.05, 0.1) is 12.1 Å². The van der Waals surface area contributed by atoms with Crippen LogP contribution in [0.5, 0.6) is 0 Å². The first kappa shape index (κ1) is 18.4. The quantitative estimate of drug-likeness (QED) is 0.702. The Morgan fingerprint density at radius 1 is 1.00 bits per heavy atom. The van der Waals surface area contributed by atoms with Crippen molar-refractivity contribution < 1.29 is 13.2 Å². The number of thioether (sulfide) groups is 1. The zero-order valence-electron chi connectivity index (χ0n) is 14.9. The van der Waals surface area contributed by atoms with Crippen molar-refractivity contribution in [3.8, 4) is 0 Å². The van der Waals surface area contributed by atoms with Crippen LogP contribution in [0.25, 0.3) is 0 Å². The first-order chi connectivity index (χ1) is 13.0. The van der Waals surface area contributed by atoms with Gasteiger partial charge in [-0.15, -0.1) is 0 Å². The predicted molar refractivity (Wildman–Crippen MR) is 105 cm³/mol. The first-order valence-corrected chi connectivity index (χ1v) is 10.3. The highest BCUT2D eigenvalue weighted by Crippen LogP contribution is 2.44. The molecule has 0 aromatic heterocycles. The summed E-state index contributed by atoms with van der Waals surface area (Å²) in [5.74, 6) is 3.22. The summed E-state index contributed by atoms with van der Waals surface area (Å²) >= 11 is 1.97. The largest absolute Gasteiger partial charge is 0.416 e. The van der Waals surface area contributed by atoms with E-state index in [-0.39, 0.29) is 5.41 Å². The molecule has 142 valence electrons. The van der Waals surface area contributed by atoms with Crippen molar-refractivity contribution in [3.63, 3.8) is 0 Å². The van der Waals surface area contributed by atoms with Gasteiger partial charge in [0, 0.05) is 11.1 Å². The Balaban J connectivity index is 1.60. The van der Waals surface area contributed by atoms with Crippen molar-refractivity contribution in [1.82, 2.24) is 0 Å². The summed E-state index contributed by atoms with van der Waals surface area (Å²) in [6.07, 6.45) is -1.18. The molecule has 2 aliphatic heterocycles. The molecule has 27 heavy (non-hydrogen) atoms. The highest BCUT2D eigenvalue weighted by molar-refractivity contribution is 7.99. The van der Waals surface area contributed by atoms with Crippen molar-refractivity contribution >= 4 is 23.3 Å². The van der Waals surface area contributed by atoms with E-state index in [0.29, 0.717) is 6.54 Å². The van der Waals surface area contributed by atoms with E-state index in [1.807, 2.05) is 17.8 Å². The second-order valence-corrected chi connectivity index (χ2v) is 8.44. The fourth-order valence-corrected chi connectivity index (χ4v) is 5.13. The second kappa shape index (κ2) is 7.23. The van der Waals surface area contributed by atoms with Crippen molar-refractivity contribution in [3.05, 3.63) is 65.2 Å². The lowest BCUT2D eigenvalue weighted by Gasteiger charge is -2.42. The summed E-state index contributed by atoms with van der Waals surface area (Å²) in [5, 5.41) is 3.52. The number of anilines is 1. The van der Waals surface area contributed by atoms with Crippen LogP contribution >= 0.6 is 11.8 Å². The van der Waals surface area contributed by atoms with E-state index in [9.17, 15) is 13.2 Å². The molecular weight excluding hydrogens is 369 g/mol. The second-order valence-electron chi connectivity index (χ2n) is 7.21. The number of alkyl halides is 3. The summed E-state index contributed by atoms with van der Waals surface area (Å²) < 4.78 is 38.2. The lowest BCUT2D eigenvalue weighted by molar-refractivity contribution is -0.137. The van der Waals surface area contributed by atoms with E-state index in [0.717, 1.165) is 60.0 Å². The highest BCUT2D eigenvalue weighted by atomic mass is 32.2. The Morgan fingerprint density at radius 3 is 2.41 bits per heavy atom. The Labute approximate surface area is 161 Å². The van der Waals surface area contributed by atoms with Crippen LogP contribution in [0.2, 0.25) is 0 Å². The van der Waals surface area contributed by atoms with Gasteiger partial charge < -0.3 is 5.32 Å². The topological polar surface area (TPSA) is 24.4 Å². The third kappa shape index (κ3) is 3.86. The number of halogens is 3. The van der Waals surface area contributed by atoms with Crippen molar-refractivity contribution in [1.29, 1.82) is 0 Å². The molecule has 0 radical (unpaired) electrons. The number of fused-ring (bicyclic) bond motifs is 1. The van der Waals surface area contributed by atoms with Crippen LogP contribution in [-0.4, -0.2) is 17.3 Å². The number of aliphatic imine (C=N–C) groups is 1. The molecular formula is C21H21F3N2S. The van der Waals surface area contributed by atoms with E-state index in [4.69, 9.17) is 4.99 Å². The molecule has 1 fully saturated rings. The van der Waals surface area contributed by atoms with Gasteiger partial charge in [0.15, 0.2) is 0 Å². The van der Waals surface area contributed by atoms with Crippen LogP contribution in [0, 0.1) is 5.41 Å². The molecule has 0 atom stereocenters. The summed E-state index contributed by atoms with van der Waals surface area (Å²) in [5.41, 5.74) is 2.59. The van der Waals surface area contributed by atoms with Crippen LogP contribution < -0.4 is 5.32 Å². The molecule has 0 saturated carbocycles. The summed E-state index contributed by atoms with van der Waals surface area (Å²) in [6, 6.07) is 13.6. The molecule has 2 aromatic rings. The van der Waals surface area contributed by atoms with Gasteiger partial charge in [0.1, 0.15) is 5.84 Å². The molecule has 2 heterocycles. The normalized spacial score (nSPS) is 20.3. The molecule has 1 N–H and O–H groups in total. The predicted octanol–water partition coefficient (Wildman–Crippen LogP) is 5.79. The zero-order valence-corrected chi connectivity index (χ0v) is 15.7. The standard InChI is InChI=1S/C21H21F3N2S/c22-21(23,24)17-7-5-15(6-8-17)14-25-19-20(9-11-27-12-10-20)13-16-3-1-2-4-18(16)26-19/h1-8H,9-14H2,(H,25,26). The van der Waals surface area contributed by atoms with Gasteiger partial charge in [-0.05, 0) is 60.1 Å². The molecule has 6 heteroatoms. The maximum atomic E-state index is 12.7. The number of nitrogens with one attached hydrogen (secondary N) is 1. The number of nitrogens with zero attached hydrogens (tertiary/aromatic N) is 1. The third-order valence-electron chi connectivity index (χ3n) is 5.45. The minimum Gasteiger partial charge on any atom is -0.343 e. The number of hydrogen-bond acceptors (Lipinski definition) is 2. The fraction of sp³-hybridized carbons (Fsp3) is 0.381. The van der Waals surface area contributed by atoms with E-state index >= 15 is 0 Å². The fourth-order valence-electron chi connectivity index (χ4n) is 3.86. The van der Waals surface area contributed by atoms with Crippen molar-refractivity contribution in [2.24, 2.45) is 10.4 Å². The summed E-state index contributed by atoms with van der Waals surface area (Å²) in [7, 11) is 0. The van der Waals surface area contributed by atoms with Gasteiger partial charge in [0.2, 0.25) is 0 Å². The first-order valence-electron chi connectivity index (χ1n) is 9.10. The van der Waals surface area contributed by atoms with E-state index in [2.05, 4.69) is 23.5 Å². The van der Waals surface area contributed by atoms with Gasteiger partial charge in [0.25, 0.3) is 0 Å². The molecule has 1 saturated heterocycles. The lowest BCUT2D eigenvalue weighted by atomic mass is 9.73. The Kier molecular flexibility index (Phi) is 4.93. The Bertz CT molecular complexity index is 837. The van der Waals surface area contributed by atoms with E-state index in [1.54, 1.807) is 0 Å². The lowest BCUT2D eigenvalue weighted by Crippen LogP contribution is -2.44. The molecule has 2 aromatic carbocycles. The van der Waals surface area contributed by atoms with Crippen LogP contribution in [0.1, 0.15) is 29.5 Å². The zero-order chi connectivity index (χ0) is 18.9. The minimum absolute atomic E-state index is 0.0194. The third-order valence-corrected chi connectivity index (χ3v) is 6.44. The average molecular weight is 390 g/mol. The smallest absolute Gasteiger partial charge is 0.343 e. The van der Waals surface area contributed by atoms with E-state index in [1.165, 1.54) is 17.7 Å². The molecule has 0 aliphatic carbocycles. The maximum Gasteiger partial charge on any atom is 0.416 e. The van der Waals surface area contributed by atoms with Crippen LogP contribution in [0.15, 0.2) is 53.5 Å². The average Bonchev–Trinajstić information content (AvgIpc) is 2.66. The van der Waals surface area contributed by atoms with Crippen LogP contribution in [-0.2, 0) is 19.1 Å². The number of rotatable bonds is 2. The molecule has 2 nitrogen and oxygen atoms in total. The molecule has 0 bridgehead atoms. The highest BCUT2D eigenvalue weighted by Gasteiger charge is 2.41. The minimum atomic E-state index is -4.30.